The average molecular weight is 441 g/mol. The maximum Gasteiger partial charge on any atom is 0.312 e. The number of carbonyl (C=O) groups is 1. The number of esters is 1. The standard InChI is InChI=1S/C20H25BrO4S/c21-20-12-15-9-16(13-20)11-19(10-15,14-20)18(22)25-7-4-8-26(23,24)17-5-2-1-3-6-17/h1-3,5-6,15-16H,4,7-14H2. The predicted octanol–water partition coefficient (Wildman–Crippen LogP) is 4.13. The van der Waals surface area contributed by atoms with Gasteiger partial charge in [-0.2, -0.15) is 0 Å². The second kappa shape index (κ2) is 6.62. The Morgan fingerprint density at radius 3 is 2.38 bits per heavy atom. The fraction of sp³-hybridized carbons (Fsp3) is 0.650. The zero-order valence-electron chi connectivity index (χ0n) is 14.8. The summed E-state index contributed by atoms with van der Waals surface area (Å²) in [6.45, 7) is 0.178. The lowest BCUT2D eigenvalue weighted by Crippen LogP contribution is -2.56. The molecule has 4 fully saturated rings. The highest BCUT2D eigenvalue weighted by Crippen LogP contribution is 2.64. The quantitative estimate of drug-likeness (QED) is 0.379. The fourth-order valence-electron chi connectivity index (χ4n) is 5.70. The number of ether oxygens (including phenoxy) is 1. The highest BCUT2D eigenvalue weighted by atomic mass is 79.9. The summed E-state index contributed by atoms with van der Waals surface area (Å²) < 4.78 is 30.3. The van der Waals surface area contributed by atoms with Gasteiger partial charge in [-0.15, -0.1) is 0 Å². The molecule has 0 heterocycles. The first-order valence-electron chi connectivity index (χ1n) is 9.44. The van der Waals surface area contributed by atoms with Crippen LogP contribution in [0.4, 0.5) is 0 Å². The monoisotopic (exact) mass is 440 g/mol. The van der Waals surface area contributed by atoms with Crippen LogP contribution >= 0.6 is 15.9 Å². The summed E-state index contributed by atoms with van der Waals surface area (Å²) in [5.74, 6) is 1.15. The smallest absolute Gasteiger partial charge is 0.312 e. The van der Waals surface area contributed by atoms with E-state index >= 15 is 0 Å². The van der Waals surface area contributed by atoms with Crippen molar-refractivity contribution in [3.63, 3.8) is 0 Å². The highest BCUT2D eigenvalue weighted by Gasteiger charge is 2.60. The highest BCUT2D eigenvalue weighted by molar-refractivity contribution is 9.10. The zero-order valence-corrected chi connectivity index (χ0v) is 17.2. The van der Waals surface area contributed by atoms with E-state index in [9.17, 15) is 13.2 Å². The first-order chi connectivity index (χ1) is 12.3. The number of carbonyl (C=O) groups excluding carboxylic acids is 1. The summed E-state index contributed by atoms with van der Waals surface area (Å²) in [4.78, 5) is 13.2. The van der Waals surface area contributed by atoms with Crippen molar-refractivity contribution < 1.29 is 17.9 Å². The van der Waals surface area contributed by atoms with E-state index < -0.39 is 9.84 Å². The van der Waals surface area contributed by atoms with Gasteiger partial charge >= 0.3 is 5.97 Å². The molecule has 4 aliphatic rings. The van der Waals surface area contributed by atoms with Gasteiger partial charge < -0.3 is 4.74 Å². The van der Waals surface area contributed by atoms with Gasteiger partial charge in [-0.1, -0.05) is 34.1 Å². The van der Waals surface area contributed by atoms with Crippen LogP contribution in [0.15, 0.2) is 35.2 Å². The maximum absolute atomic E-state index is 12.8. The molecule has 2 atom stereocenters. The van der Waals surface area contributed by atoms with E-state index in [0.29, 0.717) is 23.2 Å². The molecule has 4 nitrogen and oxygen atoms in total. The van der Waals surface area contributed by atoms with Crippen LogP contribution in [0.1, 0.15) is 44.9 Å². The Morgan fingerprint density at radius 1 is 1.12 bits per heavy atom. The minimum absolute atomic E-state index is 0.00489. The van der Waals surface area contributed by atoms with Gasteiger partial charge in [-0.3, -0.25) is 4.79 Å². The second-order valence-electron chi connectivity index (χ2n) is 8.51. The molecule has 0 aliphatic heterocycles. The van der Waals surface area contributed by atoms with Gasteiger partial charge in [0.25, 0.3) is 0 Å². The molecule has 26 heavy (non-hydrogen) atoms. The molecule has 5 rings (SSSR count). The van der Waals surface area contributed by atoms with Crippen molar-refractivity contribution in [2.75, 3.05) is 12.4 Å². The molecule has 4 saturated carbocycles. The van der Waals surface area contributed by atoms with Gasteiger partial charge in [-0.05, 0) is 68.9 Å². The maximum atomic E-state index is 12.8. The van der Waals surface area contributed by atoms with Crippen LogP contribution in [0, 0.1) is 17.3 Å². The van der Waals surface area contributed by atoms with Crippen molar-refractivity contribution in [3.05, 3.63) is 30.3 Å². The minimum Gasteiger partial charge on any atom is -0.465 e. The van der Waals surface area contributed by atoms with Crippen LogP contribution in [0.5, 0.6) is 0 Å². The van der Waals surface area contributed by atoms with E-state index in [2.05, 4.69) is 15.9 Å². The lowest BCUT2D eigenvalue weighted by molar-refractivity contribution is -0.169. The fourth-order valence-corrected chi connectivity index (χ4v) is 8.46. The third-order valence-electron chi connectivity index (χ3n) is 6.32. The molecule has 142 valence electrons. The van der Waals surface area contributed by atoms with Crippen LogP contribution in [0.25, 0.3) is 0 Å². The molecule has 6 heteroatoms. The van der Waals surface area contributed by atoms with E-state index in [1.165, 1.54) is 19.3 Å². The number of benzene rings is 1. The van der Waals surface area contributed by atoms with Gasteiger partial charge in [0.05, 0.1) is 22.7 Å². The second-order valence-corrected chi connectivity index (χ2v) is 12.3. The van der Waals surface area contributed by atoms with Crippen LogP contribution < -0.4 is 0 Å². The predicted molar refractivity (Wildman–Crippen MR) is 103 cm³/mol. The number of alkyl halides is 1. The van der Waals surface area contributed by atoms with Crippen molar-refractivity contribution >= 4 is 31.7 Å². The molecule has 1 aromatic carbocycles. The van der Waals surface area contributed by atoms with Crippen molar-refractivity contribution in [2.24, 2.45) is 17.3 Å². The molecule has 0 amide bonds. The van der Waals surface area contributed by atoms with Crippen molar-refractivity contribution in [1.29, 1.82) is 0 Å². The van der Waals surface area contributed by atoms with Gasteiger partial charge in [0.1, 0.15) is 0 Å². The Labute approximate surface area is 163 Å². The topological polar surface area (TPSA) is 60.4 Å². The lowest BCUT2D eigenvalue weighted by Gasteiger charge is -2.58. The summed E-state index contributed by atoms with van der Waals surface area (Å²) in [6, 6.07) is 8.44. The van der Waals surface area contributed by atoms with Gasteiger partial charge in [0.2, 0.25) is 0 Å². The van der Waals surface area contributed by atoms with E-state index in [0.717, 1.165) is 19.3 Å². The number of rotatable bonds is 6. The summed E-state index contributed by atoms with van der Waals surface area (Å²) >= 11 is 3.91. The molecule has 0 aromatic heterocycles. The summed E-state index contributed by atoms with van der Waals surface area (Å²) in [5.41, 5.74) is -0.341. The number of halogens is 1. The first-order valence-corrected chi connectivity index (χ1v) is 11.9. The molecular formula is C20H25BrO4S. The summed E-state index contributed by atoms with van der Waals surface area (Å²) in [6.07, 6.45) is 6.69. The van der Waals surface area contributed by atoms with E-state index in [4.69, 9.17) is 4.74 Å². The van der Waals surface area contributed by atoms with Gasteiger partial charge in [-0.25, -0.2) is 8.42 Å². The van der Waals surface area contributed by atoms with Gasteiger partial charge in [0, 0.05) is 4.32 Å². The molecule has 0 spiro atoms. The van der Waals surface area contributed by atoms with Crippen LogP contribution in [-0.4, -0.2) is 31.1 Å². The van der Waals surface area contributed by atoms with Gasteiger partial charge in [0.15, 0.2) is 9.84 Å². The van der Waals surface area contributed by atoms with Crippen LogP contribution in [0.2, 0.25) is 0 Å². The molecule has 0 N–H and O–H groups in total. The molecular weight excluding hydrogens is 416 g/mol. The van der Waals surface area contributed by atoms with E-state index in [1.54, 1.807) is 30.3 Å². The summed E-state index contributed by atoms with van der Waals surface area (Å²) in [5, 5.41) is 0. The Balaban J connectivity index is 1.32. The Bertz CT molecular complexity index is 775. The molecule has 1 aromatic rings. The SMILES string of the molecule is O=C(OCCCS(=O)(=O)c1ccccc1)C12CC3CC(CC(Br)(C3)C1)C2. The third kappa shape index (κ3) is 3.47. The number of hydrogen-bond acceptors (Lipinski definition) is 4. The molecule has 4 aliphatic carbocycles. The lowest BCUT2D eigenvalue weighted by atomic mass is 9.49. The third-order valence-corrected chi connectivity index (χ3v) is 9.06. The Hall–Kier alpha value is -0.880. The normalized spacial score (nSPS) is 35.4. The Kier molecular flexibility index (Phi) is 4.71. The largest absolute Gasteiger partial charge is 0.465 e. The number of sulfone groups is 1. The first kappa shape index (κ1) is 18.5. The minimum atomic E-state index is -3.31. The Morgan fingerprint density at radius 2 is 1.77 bits per heavy atom. The summed E-state index contributed by atoms with van der Waals surface area (Å²) in [7, 11) is -3.31. The van der Waals surface area contributed by atoms with E-state index in [-0.39, 0.29) is 28.1 Å². The molecule has 0 saturated heterocycles. The van der Waals surface area contributed by atoms with E-state index in [1.807, 2.05) is 0 Å². The zero-order chi connectivity index (χ0) is 18.4. The average Bonchev–Trinajstić information content (AvgIpc) is 2.57. The number of hydrogen-bond donors (Lipinski definition) is 0. The molecule has 0 radical (unpaired) electrons. The van der Waals surface area contributed by atoms with Crippen molar-refractivity contribution in [2.45, 2.75) is 54.2 Å². The van der Waals surface area contributed by atoms with Crippen molar-refractivity contribution in [1.82, 2.24) is 0 Å². The van der Waals surface area contributed by atoms with Crippen LogP contribution in [0.3, 0.4) is 0 Å². The molecule has 4 bridgehead atoms. The van der Waals surface area contributed by atoms with Crippen LogP contribution in [-0.2, 0) is 19.4 Å². The van der Waals surface area contributed by atoms with Crippen molar-refractivity contribution in [3.8, 4) is 0 Å². The molecule has 2 unspecified atom stereocenters.